The third kappa shape index (κ3) is 4.64. The summed E-state index contributed by atoms with van der Waals surface area (Å²) in [6.07, 6.45) is 3.18. The van der Waals surface area contributed by atoms with E-state index in [4.69, 9.17) is 16.3 Å². The number of hydrogen-bond donors (Lipinski definition) is 1. The molecule has 0 aliphatic carbocycles. The molecule has 0 aromatic heterocycles. The summed E-state index contributed by atoms with van der Waals surface area (Å²) in [6.45, 7) is 2.15. The van der Waals surface area contributed by atoms with E-state index in [0.29, 0.717) is 33.3 Å². The molecule has 0 unspecified atom stereocenters. The van der Waals surface area contributed by atoms with Crippen molar-refractivity contribution in [3.63, 3.8) is 0 Å². The van der Waals surface area contributed by atoms with Crippen molar-refractivity contribution in [2.75, 3.05) is 17.3 Å². The van der Waals surface area contributed by atoms with Crippen LogP contribution in [0.3, 0.4) is 0 Å². The van der Waals surface area contributed by atoms with Crippen LogP contribution >= 0.6 is 11.6 Å². The second-order valence-corrected chi connectivity index (χ2v) is 8.21. The van der Waals surface area contributed by atoms with Gasteiger partial charge in [-0.3, -0.25) is 9.59 Å². The molecule has 0 fully saturated rings. The van der Waals surface area contributed by atoms with E-state index >= 15 is 0 Å². The van der Waals surface area contributed by atoms with Crippen LogP contribution in [0.2, 0.25) is 5.02 Å². The van der Waals surface area contributed by atoms with Gasteiger partial charge >= 0.3 is 0 Å². The average Bonchev–Trinajstić information content (AvgIpc) is 3.08. The Morgan fingerprint density at radius 3 is 2.30 bits per heavy atom. The van der Waals surface area contributed by atoms with Crippen molar-refractivity contribution >= 4 is 40.4 Å². The summed E-state index contributed by atoms with van der Waals surface area (Å²) in [5.41, 5.74) is 3.51. The lowest BCUT2D eigenvalue weighted by molar-refractivity contribution is -0.120. The summed E-state index contributed by atoms with van der Waals surface area (Å²) in [7, 11) is 1.54. The number of imide groups is 1. The molecule has 0 radical (unpaired) electrons. The van der Waals surface area contributed by atoms with Crippen molar-refractivity contribution in [2.45, 2.75) is 26.2 Å². The van der Waals surface area contributed by atoms with Gasteiger partial charge in [0.15, 0.2) is 0 Å². The molecule has 4 rings (SSSR count). The minimum Gasteiger partial charge on any atom is -0.495 e. The molecule has 0 bridgehead atoms. The molecule has 168 valence electrons. The van der Waals surface area contributed by atoms with Gasteiger partial charge in [0.1, 0.15) is 11.4 Å². The Labute approximate surface area is 198 Å². The van der Waals surface area contributed by atoms with Crippen molar-refractivity contribution in [2.24, 2.45) is 0 Å². The number of methoxy groups -OCH3 is 1. The molecule has 0 atom stereocenters. The van der Waals surface area contributed by atoms with Gasteiger partial charge in [-0.2, -0.15) is 0 Å². The highest BCUT2D eigenvalue weighted by Crippen LogP contribution is 2.35. The smallest absolute Gasteiger partial charge is 0.282 e. The highest BCUT2D eigenvalue weighted by molar-refractivity contribution is 6.46. The summed E-state index contributed by atoms with van der Waals surface area (Å²) in [5.74, 6) is -0.250. The van der Waals surface area contributed by atoms with Gasteiger partial charge in [0.25, 0.3) is 11.8 Å². The zero-order chi connectivity index (χ0) is 23.4. The molecule has 6 heteroatoms. The fraction of sp³-hybridized carbons (Fsp3) is 0.185. The highest BCUT2D eigenvalue weighted by Gasteiger charge is 2.40. The number of hydrogen-bond acceptors (Lipinski definition) is 4. The molecule has 1 heterocycles. The van der Waals surface area contributed by atoms with E-state index in [1.54, 1.807) is 18.2 Å². The van der Waals surface area contributed by atoms with Crippen LogP contribution in [0.4, 0.5) is 11.4 Å². The van der Waals surface area contributed by atoms with Gasteiger partial charge in [-0.15, -0.1) is 0 Å². The molecular weight excluding hydrogens is 436 g/mol. The maximum Gasteiger partial charge on any atom is 0.282 e. The van der Waals surface area contributed by atoms with Gasteiger partial charge in [0.2, 0.25) is 0 Å². The van der Waals surface area contributed by atoms with Crippen LogP contribution in [-0.2, 0) is 16.0 Å². The van der Waals surface area contributed by atoms with Crippen molar-refractivity contribution in [1.82, 2.24) is 0 Å². The van der Waals surface area contributed by atoms with Gasteiger partial charge in [-0.05, 0) is 54.3 Å². The van der Waals surface area contributed by atoms with Crippen LogP contribution in [0.1, 0.15) is 30.9 Å². The number of unbranched alkanes of at least 4 members (excludes halogenated alkanes) is 1. The zero-order valence-corrected chi connectivity index (χ0v) is 19.4. The first kappa shape index (κ1) is 22.6. The van der Waals surface area contributed by atoms with E-state index in [1.165, 1.54) is 17.6 Å². The van der Waals surface area contributed by atoms with Crippen LogP contribution in [0.15, 0.2) is 78.5 Å². The summed E-state index contributed by atoms with van der Waals surface area (Å²) < 4.78 is 5.21. The fourth-order valence-electron chi connectivity index (χ4n) is 3.83. The predicted molar refractivity (Wildman–Crippen MR) is 133 cm³/mol. The minimum absolute atomic E-state index is 0.211. The molecule has 5 nitrogen and oxygen atoms in total. The standard InChI is InChI=1S/C27H25ClN2O3/c1-3-4-8-18-11-14-21(15-12-18)30-26(31)24(19-9-6-5-7-10-19)25(27(30)32)29-20-13-16-23(33-2)22(28)17-20/h5-7,9-17,29H,3-4,8H2,1-2H3. The van der Waals surface area contributed by atoms with Crippen LogP contribution in [0.25, 0.3) is 5.57 Å². The van der Waals surface area contributed by atoms with Crippen molar-refractivity contribution < 1.29 is 14.3 Å². The number of nitrogens with zero attached hydrogens (tertiary/aromatic N) is 1. The van der Waals surface area contributed by atoms with Crippen LogP contribution < -0.4 is 15.0 Å². The lowest BCUT2D eigenvalue weighted by atomic mass is 10.0. The minimum atomic E-state index is -0.410. The Morgan fingerprint density at radius 2 is 1.67 bits per heavy atom. The number of aryl methyl sites for hydroxylation is 1. The number of rotatable bonds is 8. The number of ether oxygens (including phenoxy) is 1. The average molecular weight is 461 g/mol. The second kappa shape index (κ2) is 9.92. The second-order valence-electron chi connectivity index (χ2n) is 7.81. The van der Waals surface area contributed by atoms with Gasteiger partial charge in [0, 0.05) is 5.69 Å². The maximum absolute atomic E-state index is 13.5. The molecule has 0 saturated carbocycles. The highest BCUT2D eigenvalue weighted by atomic mass is 35.5. The van der Waals surface area contributed by atoms with Gasteiger partial charge in [-0.1, -0.05) is 67.4 Å². The molecule has 3 aromatic rings. The largest absolute Gasteiger partial charge is 0.495 e. The zero-order valence-electron chi connectivity index (χ0n) is 18.6. The summed E-state index contributed by atoms with van der Waals surface area (Å²) >= 11 is 6.27. The van der Waals surface area contributed by atoms with Crippen molar-refractivity contribution in [1.29, 1.82) is 0 Å². The van der Waals surface area contributed by atoms with E-state index in [9.17, 15) is 9.59 Å². The van der Waals surface area contributed by atoms with Crippen LogP contribution in [0, 0.1) is 0 Å². The molecule has 2 amide bonds. The maximum atomic E-state index is 13.5. The van der Waals surface area contributed by atoms with E-state index in [-0.39, 0.29) is 11.6 Å². The van der Waals surface area contributed by atoms with Gasteiger partial charge in [-0.25, -0.2) is 4.90 Å². The predicted octanol–water partition coefficient (Wildman–Crippen LogP) is 6.09. The van der Waals surface area contributed by atoms with Crippen molar-refractivity contribution in [3.8, 4) is 5.75 Å². The first-order valence-electron chi connectivity index (χ1n) is 10.9. The topological polar surface area (TPSA) is 58.6 Å². The molecule has 33 heavy (non-hydrogen) atoms. The number of halogens is 1. The first-order chi connectivity index (χ1) is 16.0. The number of benzene rings is 3. The van der Waals surface area contributed by atoms with E-state index in [1.807, 2.05) is 54.6 Å². The monoisotopic (exact) mass is 460 g/mol. The summed E-state index contributed by atoms with van der Waals surface area (Å²) in [5, 5.41) is 3.53. The Morgan fingerprint density at radius 1 is 0.939 bits per heavy atom. The summed E-state index contributed by atoms with van der Waals surface area (Å²) in [6, 6.07) is 21.9. The number of anilines is 2. The third-order valence-corrected chi connectivity index (χ3v) is 5.88. The Balaban J connectivity index is 1.71. The Kier molecular flexibility index (Phi) is 6.80. The molecule has 1 aliphatic heterocycles. The van der Waals surface area contributed by atoms with Crippen LogP contribution in [-0.4, -0.2) is 18.9 Å². The first-order valence-corrected chi connectivity index (χ1v) is 11.3. The number of carbonyl (C=O) groups is 2. The lowest BCUT2D eigenvalue weighted by Gasteiger charge is -2.16. The Bertz CT molecular complexity index is 1200. The van der Waals surface area contributed by atoms with E-state index in [0.717, 1.165) is 19.3 Å². The normalized spacial score (nSPS) is 13.6. The quantitative estimate of drug-likeness (QED) is 0.413. The fourth-order valence-corrected chi connectivity index (χ4v) is 4.09. The molecule has 1 aliphatic rings. The molecular formula is C27H25ClN2O3. The van der Waals surface area contributed by atoms with E-state index in [2.05, 4.69) is 12.2 Å². The summed E-state index contributed by atoms with van der Waals surface area (Å²) in [4.78, 5) is 28.2. The number of amides is 2. The number of carbonyl (C=O) groups excluding carboxylic acids is 2. The SMILES string of the molecule is CCCCc1ccc(N2C(=O)C(Nc3ccc(OC)c(Cl)c3)=C(c3ccccc3)C2=O)cc1. The van der Waals surface area contributed by atoms with Crippen LogP contribution in [0.5, 0.6) is 5.75 Å². The molecule has 0 spiro atoms. The lowest BCUT2D eigenvalue weighted by Crippen LogP contribution is -2.32. The number of nitrogens with one attached hydrogen (secondary N) is 1. The Hall–Kier alpha value is -3.57. The van der Waals surface area contributed by atoms with E-state index < -0.39 is 5.91 Å². The molecule has 1 N–H and O–H groups in total. The van der Waals surface area contributed by atoms with Gasteiger partial charge < -0.3 is 10.1 Å². The third-order valence-electron chi connectivity index (χ3n) is 5.58. The molecule has 3 aromatic carbocycles. The molecule has 0 saturated heterocycles. The van der Waals surface area contributed by atoms with Gasteiger partial charge in [0.05, 0.1) is 23.4 Å². The van der Waals surface area contributed by atoms with Crippen molar-refractivity contribution in [3.05, 3.63) is 94.6 Å².